The summed E-state index contributed by atoms with van der Waals surface area (Å²) in [6, 6.07) is -1.43. The Labute approximate surface area is 215 Å². The molecule has 2 unspecified atom stereocenters. The van der Waals surface area contributed by atoms with Gasteiger partial charge in [0.25, 0.3) is 0 Å². The largest absolute Gasteiger partial charge is 0.479 e. The quantitative estimate of drug-likeness (QED) is 0.183. The maximum absolute atomic E-state index is 13.9. The summed E-state index contributed by atoms with van der Waals surface area (Å²) in [6.07, 6.45) is 4.16. The number of ketones is 1. The van der Waals surface area contributed by atoms with Crippen molar-refractivity contribution in [3.8, 4) is 5.75 Å². The molecule has 1 aliphatic heterocycles. The highest BCUT2D eigenvalue weighted by Crippen LogP contribution is 2.27. The maximum Gasteiger partial charge on any atom is 0.309 e. The van der Waals surface area contributed by atoms with E-state index < -0.39 is 77.6 Å². The van der Waals surface area contributed by atoms with E-state index in [0.717, 1.165) is 25.7 Å². The molecule has 2 fully saturated rings. The van der Waals surface area contributed by atoms with Gasteiger partial charge in [-0.2, -0.15) is 8.78 Å². The lowest BCUT2D eigenvalue weighted by atomic mass is 9.96. The zero-order valence-electron chi connectivity index (χ0n) is 20.3. The average molecular weight is 545 g/mol. The third kappa shape index (κ3) is 7.65. The van der Waals surface area contributed by atoms with Crippen molar-refractivity contribution >= 4 is 29.4 Å². The molecule has 208 valence electrons. The Kier molecular flexibility index (Phi) is 10.0. The Balaban J connectivity index is 1.57. The van der Waals surface area contributed by atoms with Crippen molar-refractivity contribution in [3.05, 3.63) is 29.3 Å². The minimum atomic E-state index is -1.85. The summed E-state index contributed by atoms with van der Waals surface area (Å²) < 4.78 is 59.2. The fraction of sp³-hybridized carbons (Fsp3) is 0.542. The Hall–Kier alpha value is -3.71. The van der Waals surface area contributed by atoms with Gasteiger partial charge in [-0.1, -0.05) is 12.8 Å². The van der Waals surface area contributed by atoms with E-state index in [0.29, 0.717) is 25.4 Å². The molecular weight excluding hydrogens is 516 g/mol. The number of ether oxygens (including phenoxy) is 1. The highest BCUT2D eigenvalue weighted by Gasteiger charge is 2.32. The minimum Gasteiger partial charge on any atom is -0.479 e. The van der Waals surface area contributed by atoms with Crippen LogP contribution >= 0.6 is 0 Å². The van der Waals surface area contributed by atoms with E-state index in [1.54, 1.807) is 0 Å². The van der Waals surface area contributed by atoms with Crippen LogP contribution in [-0.4, -0.2) is 61.7 Å². The van der Waals surface area contributed by atoms with Crippen molar-refractivity contribution in [3.63, 3.8) is 0 Å². The van der Waals surface area contributed by atoms with Gasteiger partial charge < -0.3 is 26.0 Å². The van der Waals surface area contributed by atoms with Crippen molar-refractivity contribution in [1.82, 2.24) is 21.3 Å². The molecular formula is C24H28F4N4O6. The summed E-state index contributed by atoms with van der Waals surface area (Å²) in [7, 11) is 0. The first kappa shape index (κ1) is 28.9. The Morgan fingerprint density at radius 2 is 1.61 bits per heavy atom. The molecule has 0 spiro atoms. The third-order valence-electron chi connectivity index (χ3n) is 6.48. The Morgan fingerprint density at radius 1 is 0.974 bits per heavy atom. The number of hydrogen-bond donors (Lipinski definition) is 4. The van der Waals surface area contributed by atoms with Crippen molar-refractivity contribution in [1.29, 1.82) is 0 Å². The molecule has 38 heavy (non-hydrogen) atoms. The lowest BCUT2D eigenvalue weighted by Crippen LogP contribution is -2.50. The monoisotopic (exact) mass is 544 g/mol. The van der Waals surface area contributed by atoms with E-state index >= 15 is 0 Å². The number of carbonyl (C=O) groups is 5. The first-order valence-electron chi connectivity index (χ1n) is 12.2. The molecule has 1 aliphatic carbocycles. The number of hydrogen-bond acceptors (Lipinski definition) is 6. The number of halogens is 4. The molecule has 0 bridgehead atoms. The normalized spacial score (nSPS) is 18.0. The summed E-state index contributed by atoms with van der Waals surface area (Å²) in [5.41, 5.74) is 0. The van der Waals surface area contributed by atoms with Crippen LogP contribution in [0, 0.1) is 35.1 Å². The average Bonchev–Trinajstić information content (AvgIpc) is 3.55. The van der Waals surface area contributed by atoms with E-state index in [4.69, 9.17) is 0 Å². The molecule has 10 nitrogen and oxygen atoms in total. The topological polar surface area (TPSA) is 143 Å². The smallest absolute Gasteiger partial charge is 0.309 e. The van der Waals surface area contributed by atoms with Crippen LogP contribution in [0.2, 0.25) is 0 Å². The highest BCUT2D eigenvalue weighted by atomic mass is 19.2. The van der Waals surface area contributed by atoms with Gasteiger partial charge in [-0.25, -0.2) is 8.78 Å². The van der Waals surface area contributed by atoms with Gasteiger partial charge >= 0.3 is 11.8 Å². The first-order chi connectivity index (χ1) is 18.1. The van der Waals surface area contributed by atoms with E-state index in [2.05, 4.69) is 26.0 Å². The molecule has 1 saturated carbocycles. The predicted molar refractivity (Wildman–Crippen MR) is 122 cm³/mol. The summed E-state index contributed by atoms with van der Waals surface area (Å²) in [6.45, 7) is -1.10. The number of Topliss-reactive ketones (excluding diaryl/α,β-unsaturated/α-hetero) is 1. The first-order valence-corrected chi connectivity index (χ1v) is 12.2. The van der Waals surface area contributed by atoms with Crippen molar-refractivity contribution in [2.24, 2.45) is 11.8 Å². The van der Waals surface area contributed by atoms with Crippen molar-refractivity contribution < 1.29 is 46.3 Å². The lowest BCUT2D eigenvalue weighted by Gasteiger charge is -2.20. The second-order valence-electron chi connectivity index (χ2n) is 9.23. The maximum atomic E-state index is 13.9. The van der Waals surface area contributed by atoms with Crippen LogP contribution in [0.15, 0.2) is 6.07 Å². The molecule has 14 heteroatoms. The second kappa shape index (κ2) is 13.2. The van der Waals surface area contributed by atoms with E-state index in [9.17, 15) is 41.5 Å². The molecule has 0 aromatic heterocycles. The summed E-state index contributed by atoms with van der Waals surface area (Å²) in [4.78, 5) is 61.1. The van der Waals surface area contributed by atoms with Gasteiger partial charge in [0.15, 0.2) is 23.2 Å². The van der Waals surface area contributed by atoms with E-state index in [-0.39, 0.29) is 18.4 Å². The zero-order chi connectivity index (χ0) is 27.8. The Bertz CT molecular complexity index is 1070. The molecule has 0 radical (unpaired) electrons. The van der Waals surface area contributed by atoms with Crippen LogP contribution in [0.5, 0.6) is 5.75 Å². The molecule has 3 rings (SSSR count). The van der Waals surface area contributed by atoms with Gasteiger partial charge in [0.05, 0.1) is 12.6 Å². The highest BCUT2D eigenvalue weighted by molar-refractivity contribution is 6.35. The predicted octanol–water partition coefficient (Wildman–Crippen LogP) is 0.625. The SMILES string of the molecule is O=C(CNC(=O)C(=O)NCC1CCCC1)NC(CC1CCNC1=O)C(=O)COc1c(F)c(F)cc(F)c1F. The van der Waals surface area contributed by atoms with Gasteiger partial charge in [-0.15, -0.1) is 0 Å². The fourth-order valence-corrected chi connectivity index (χ4v) is 4.37. The standard InChI is InChI=1S/C24H28F4N4O6/c25-14-8-15(26)20(28)21(19(14)27)38-11-17(33)16(7-13-5-6-29-22(13)35)32-18(34)10-31-24(37)23(36)30-9-12-3-1-2-4-12/h8,12-13,16H,1-7,9-11H2,(H,29,35)(H,30,36)(H,31,37)(H,32,34). The van der Waals surface area contributed by atoms with Crippen LogP contribution in [0.1, 0.15) is 38.5 Å². The number of amides is 4. The third-order valence-corrected chi connectivity index (χ3v) is 6.48. The van der Waals surface area contributed by atoms with Crippen LogP contribution < -0.4 is 26.0 Å². The number of benzene rings is 1. The molecule has 1 heterocycles. The lowest BCUT2D eigenvalue weighted by molar-refractivity contribution is -0.140. The van der Waals surface area contributed by atoms with Gasteiger partial charge in [0.2, 0.25) is 23.4 Å². The van der Waals surface area contributed by atoms with Gasteiger partial charge in [-0.3, -0.25) is 24.0 Å². The molecule has 1 aromatic carbocycles. The van der Waals surface area contributed by atoms with Gasteiger partial charge in [-0.05, 0) is 31.6 Å². The molecule has 4 amide bonds. The number of carbonyl (C=O) groups excluding carboxylic acids is 5. The number of nitrogens with one attached hydrogen (secondary N) is 4. The molecule has 1 saturated heterocycles. The molecule has 4 N–H and O–H groups in total. The van der Waals surface area contributed by atoms with Crippen LogP contribution in [0.3, 0.4) is 0 Å². The van der Waals surface area contributed by atoms with E-state index in [1.807, 2.05) is 0 Å². The zero-order valence-corrected chi connectivity index (χ0v) is 20.3. The second-order valence-corrected chi connectivity index (χ2v) is 9.23. The van der Waals surface area contributed by atoms with Crippen molar-refractivity contribution in [2.75, 3.05) is 26.2 Å². The van der Waals surface area contributed by atoms with Crippen LogP contribution in [0.4, 0.5) is 17.6 Å². The van der Waals surface area contributed by atoms with Crippen LogP contribution in [0.25, 0.3) is 0 Å². The summed E-state index contributed by atoms with van der Waals surface area (Å²) in [5.74, 6) is -13.2. The van der Waals surface area contributed by atoms with Crippen molar-refractivity contribution in [2.45, 2.75) is 44.6 Å². The van der Waals surface area contributed by atoms with Gasteiger partial charge in [0, 0.05) is 25.1 Å². The minimum absolute atomic E-state index is 0.0234. The molecule has 2 atom stereocenters. The molecule has 2 aliphatic rings. The molecule has 1 aromatic rings. The summed E-state index contributed by atoms with van der Waals surface area (Å²) >= 11 is 0. The van der Waals surface area contributed by atoms with Gasteiger partial charge in [0.1, 0.15) is 6.61 Å². The van der Waals surface area contributed by atoms with Crippen LogP contribution in [-0.2, 0) is 24.0 Å². The van der Waals surface area contributed by atoms with E-state index in [1.165, 1.54) is 0 Å². The number of rotatable bonds is 11. The fourth-order valence-electron chi connectivity index (χ4n) is 4.37. The summed E-state index contributed by atoms with van der Waals surface area (Å²) in [5, 5.41) is 9.47. The Morgan fingerprint density at radius 3 is 2.21 bits per heavy atom.